The van der Waals surface area contributed by atoms with Crippen molar-refractivity contribution in [1.29, 1.82) is 0 Å². The molecule has 1 heterocycles. The molecule has 0 aromatic rings. The molecule has 4 atom stereocenters. The second-order valence-corrected chi connectivity index (χ2v) is 6.68. The van der Waals surface area contributed by atoms with Crippen molar-refractivity contribution >= 4 is 30.3 Å². The van der Waals surface area contributed by atoms with Gasteiger partial charge in [-0.25, -0.2) is 0 Å². The Bertz CT molecular complexity index is 548. The minimum absolute atomic E-state index is 0.143. The monoisotopic (exact) mass is 384 g/mol. The Kier molecular flexibility index (Phi) is 9.59. The van der Waals surface area contributed by atoms with E-state index in [1.165, 1.54) is 6.92 Å². The summed E-state index contributed by atoms with van der Waals surface area (Å²) in [5.41, 5.74) is 0. The molecule has 4 N–H and O–H groups in total. The Morgan fingerprint density at radius 1 is 1.11 bits per heavy atom. The van der Waals surface area contributed by atoms with Gasteiger partial charge < -0.3 is 35.6 Å². The SMILES string of the molecule is CC(C)[C@H](NC(=O)C1CNCCO1)C(=O)N[C@@H](C)C(=O)NC(C=O)CC=O. The normalized spacial score (nSPS) is 20.1. The molecule has 1 saturated heterocycles. The predicted molar refractivity (Wildman–Crippen MR) is 95.7 cm³/mol. The van der Waals surface area contributed by atoms with Crippen LogP contribution >= 0.6 is 0 Å². The van der Waals surface area contributed by atoms with Gasteiger partial charge in [0.2, 0.25) is 11.8 Å². The molecule has 10 heteroatoms. The zero-order valence-electron chi connectivity index (χ0n) is 15.8. The van der Waals surface area contributed by atoms with Crippen LogP contribution in [0.1, 0.15) is 27.2 Å². The van der Waals surface area contributed by atoms with Crippen molar-refractivity contribution in [3.63, 3.8) is 0 Å². The van der Waals surface area contributed by atoms with Gasteiger partial charge in [0.15, 0.2) is 0 Å². The summed E-state index contributed by atoms with van der Waals surface area (Å²) in [6, 6.07) is -2.74. The average molecular weight is 384 g/mol. The van der Waals surface area contributed by atoms with Crippen LogP contribution in [-0.2, 0) is 28.7 Å². The average Bonchev–Trinajstić information content (AvgIpc) is 2.65. The second kappa shape index (κ2) is 11.4. The molecule has 0 saturated carbocycles. The van der Waals surface area contributed by atoms with Crippen LogP contribution in [0.2, 0.25) is 0 Å². The molecule has 152 valence electrons. The standard InChI is InChI=1S/C17H28N4O6/c1-10(2)14(21-16(25)13-8-18-5-7-27-13)17(26)19-11(3)15(24)20-12(9-23)4-6-22/h6,9-14,18H,4-5,7-8H2,1-3H3,(H,19,26)(H,20,24)(H,21,25)/t11-,12?,13?,14-/m0/s1. The van der Waals surface area contributed by atoms with Crippen LogP contribution in [0, 0.1) is 5.92 Å². The van der Waals surface area contributed by atoms with Crippen LogP contribution < -0.4 is 21.3 Å². The quantitative estimate of drug-likeness (QED) is 0.316. The molecule has 3 amide bonds. The van der Waals surface area contributed by atoms with Crippen molar-refractivity contribution in [1.82, 2.24) is 21.3 Å². The number of hydrogen-bond acceptors (Lipinski definition) is 7. The lowest BCUT2D eigenvalue weighted by Gasteiger charge is -2.28. The Morgan fingerprint density at radius 3 is 2.33 bits per heavy atom. The maximum Gasteiger partial charge on any atom is 0.251 e. The molecule has 0 aliphatic carbocycles. The molecule has 1 fully saturated rings. The summed E-state index contributed by atoms with van der Waals surface area (Å²) in [7, 11) is 0. The fraction of sp³-hybridized carbons (Fsp3) is 0.706. The number of hydrogen-bond donors (Lipinski definition) is 4. The van der Waals surface area contributed by atoms with Gasteiger partial charge in [-0.15, -0.1) is 0 Å². The fourth-order valence-corrected chi connectivity index (χ4v) is 2.44. The lowest BCUT2D eigenvalue weighted by Crippen LogP contribution is -2.58. The molecule has 1 aliphatic heterocycles. The molecule has 2 unspecified atom stereocenters. The summed E-state index contributed by atoms with van der Waals surface area (Å²) in [4.78, 5) is 58.2. The van der Waals surface area contributed by atoms with E-state index in [0.29, 0.717) is 32.3 Å². The van der Waals surface area contributed by atoms with Gasteiger partial charge in [0.1, 0.15) is 30.8 Å². The predicted octanol–water partition coefficient (Wildman–Crippen LogP) is -2.11. The third-order valence-corrected chi connectivity index (χ3v) is 4.06. The third kappa shape index (κ3) is 7.43. The number of rotatable bonds is 10. The number of amides is 3. The van der Waals surface area contributed by atoms with Gasteiger partial charge in [0.25, 0.3) is 5.91 Å². The van der Waals surface area contributed by atoms with Gasteiger partial charge in [-0.2, -0.15) is 0 Å². The van der Waals surface area contributed by atoms with Crippen LogP contribution in [0.4, 0.5) is 0 Å². The van der Waals surface area contributed by atoms with E-state index in [1.54, 1.807) is 13.8 Å². The number of nitrogens with one attached hydrogen (secondary N) is 4. The Morgan fingerprint density at radius 2 is 1.81 bits per heavy atom. The zero-order chi connectivity index (χ0) is 20.4. The van der Waals surface area contributed by atoms with Crippen molar-refractivity contribution < 1.29 is 28.7 Å². The fourth-order valence-electron chi connectivity index (χ4n) is 2.44. The number of ether oxygens (including phenoxy) is 1. The Hall–Kier alpha value is -2.33. The van der Waals surface area contributed by atoms with Crippen LogP contribution in [0.25, 0.3) is 0 Å². The van der Waals surface area contributed by atoms with E-state index in [1.807, 2.05) is 0 Å². The van der Waals surface area contributed by atoms with E-state index < -0.39 is 42.0 Å². The molecular weight excluding hydrogens is 356 g/mol. The van der Waals surface area contributed by atoms with Gasteiger partial charge in [-0.3, -0.25) is 14.4 Å². The summed E-state index contributed by atoms with van der Waals surface area (Å²) >= 11 is 0. The van der Waals surface area contributed by atoms with Crippen LogP contribution in [0.3, 0.4) is 0 Å². The van der Waals surface area contributed by atoms with E-state index in [4.69, 9.17) is 4.74 Å². The lowest BCUT2D eigenvalue weighted by atomic mass is 10.0. The molecule has 1 aliphatic rings. The number of aldehydes is 2. The smallest absolute Gasteiger partial charge is 0.251 e. The molecule has 0 bridgehead atoms. The highest BCUT2D eigenvalue weighted by Crippen LogP contribution is 2.05. The first kappa shape index (κ1) is 22.7. The van der Waals surface area contributed by atoms with E-state index in [9.17, 15) is 24.0 Å². The summed E-state index contributed by atoms with van der Waals surface area (Å²) < 4.78 is 5.37. The topological polar surface area (TPSA) is 143 Å². The second-order valence-electron chi connectivity index (χ2n) is 6.68. The summed E-state index contributed by atoms with van der Waals surface area (Å²) in [5, 5.41) is 10.6. The van der Waals surface area contributed by atoms with Crippen molar-refractivity contribution in [2.75, 3.05) is 19.7 Å². The van der Waals surface area contributed by atoms with Gasteiger partial charge in [0.05, 0.1) is 12.6 Å². The van der Waals surface area contributed by atoms with Crippen molar-refractivity contribution in [2.45, 2.75) is 51.4 Å². The largest absolute Gasteiger partial charge is 0.366 e. The van der Waals surface area contributed by atoms with Crippen LogP contribution in [0.15, 0.2) is 0 Å². The van der Waals surface area contributed by atoms with E-state index in [0.717, 1.165) is 0 Å². The highest BCUT2D eigenvalue weighted by Gasteiger charge is 2.30. The molecule has 27 heavy (non-hydrogen) atoms. The van der Waals surface area contributed by atoms with Gasteiger partial charge in [-0.05, 0) is 12.8 Å². The van der Waals surface area contributed by atoms with Crippen molar-refractivity contribution in [3.05, 3.63) is 0 Å². The maximum atomic E-state index is 12.5. The number of carbonyl (C=O) groups is 5. The summed E-state index contributed by atoms with van der Waals surface area (Å²) in [6.45, 7) is 6.41. The van der Waals surface area contributed by atoms with E-state index in [2.05, 4.69) is 21.3 Å². The maximum absolute atomic E-state index is 12.5. The summed E-state index contributed by atoms with van der Waals surface area (Å²) in [6.07, 6.45) is 0.159. The van der Waals surface area contributed by atoms with Gasteiger partial charge in [0, 0.05) is 19.5 Å². The summed E-state index contributed by atoms with van der Waals surface area (Å²) in [5.74, 6) is -1.75. The highest BCUT2D eigenvalue weighted by atomic mass is 16.5. The zero-order valence-corrected chi connectivity index (χ0v) is 15.8. The minimum atomic E-state index is -0.947. The Labute approximate surface area is 158 Å². The third-order valence-electron chi connectivity index (χ3n) is 4.06. The molecular formula is C17H28N4O6. The number of morpholine rings is 1. The molecule has 0 spiro atoms. The first-order chi connectivity index (χ1) is 12.8. The molecule has 0 radical (unpaired) electrons. The van der Waals surface area contributed by atoms with Gasteiger partial charge >= 0.3 is 0 Å². The molecule has 0 aromatic carbocycles. The minimum Gasteiger partial charge on any atom is -0.366 e. The lowest BCUT2D eigenvalue weighted by molar-refractivity contribution is -0.139. The van der Waals surface area contributed by atoms with Gasteiger partial charge in [-0.1, -0.05) is 13.8 Å². The Balaban J connectivity index is 2.63. The van der Waals surface area contributed by atoms with E-state index in [-0.39, 0.29) is 12.3 Å². The van der Waals surface area contributed by atoms with Crippen LogP contribution in [0.5, 0.6) is 0 Å². The van der Waals surface area contributed by atoms with Crippen molar-refractivity contribution in [2.24, 2.45) is 5.92 Å². The molecule has 1 rings (SSSR count). The van der Waals surface area contributed by atoms with Crippen LogP contribution in [-0.4, -0.2) is 74.2 Å². The first-order valence-corrected chi connectivity index (χ1v) is 8.92. The number of carbonyl (C=O) groups excluding carboxylic acids is 5. The molecule has 10 nitrogen and oxygen atoms in total. The first-order valence-electron chi connectivity index (χ1n) is 8.92. The van der Waals surface area contributed by atoms with Crippen molar-refractivity contribution in [3.8, 4) is 0 Å². The highest BCUT2D eigenvalue weighted by molar-refractivity contribution is 5.93. The van der Waals surface area contributed by atoms with E-state index >= 15 is 0 Å². The molecule has 0 aromatic heterocycles.